The molecule has 1 aromatic heterocycles. The molecule has 1 N–H and O–H groups in total. The summed E-state index contributed by atoms with van der Waals surface area (Å²) in [5, 5.41) is 5.69. The van der Waals surface area contributed by atoms with Crippen LogP contribution in [0.15, 0.2) is 34.9 Å². The molecule has 0 fully saturated rings. The molecular weight excluding hydrogens is 256 g/mol. The maximum atomic E-state index is 10.9. The number of carbonyl (C=O) groups is 2. The van der Waals surface area contributed by atoms with Crippen molar-refractivity contribution in [1.82, 2.24) is 5.16 Å². The van der Waals surface area contributed by atoms with Crippen LogP contribution in [0.2, 0.25) is 0 Å². The molecular formula is C12H9ClN2O3. The molecule has 0 radical (unpaired) electrons. The van der Waals surface area contributed by atoms with Gasteiger partial charge in [-0.2, -0.15) is 0 Å². The van der Waals surface area contributed by atoms with Crippen LogP contribution in [0, 0.1) is 0 Å². The Morgan fingerprint density at radius 3 is 2.72 bits per heavy atom. The average molecular weight is 265 g/mol. The Morgan fingerprint density at radius 2 is 2.11 bits per heavy atom. The fourth-order valence-corrected chi connectivity index (χ4v) is 1.55. The molecule has 1 heterocycles. The van der Waals surface area contributed by atoms with Crippen LogP contribution in [0.4, 0.5) is 5.69 Å². The molecule has 0 spiro atoms. The van der Waals surface area contributed by atoms with E-state index in [4.69, 9.17) is 16.1 Å². The van der Waals surface area contributed by atoms with Gasteiger partial charge in [-0.05, 0) is 23.7 Å². The van der Waals surface area contributed by atoms with Crippen LogP contribution >= 0.6 is 11.6 Å². The zero-order valence-electron chi connectivity index (χ0n) is 9.44. The Balaban J connectivity index is 2.32. The maximum absolute atomic E-state index is 10.9. The monoisotopic (exact) mass is 264 g/mol. The van der Waals surface area contributed by atoms with Gasteiger partial charge in [-0.1, -0.05) is 17.3 Å². The Labute approximate surface area is 108 Å². The number of anilines is 1. The van der Waals surface area contributed by atoms with E-state index in [1.54, 1.807) is 24.3 Å². The zero-order chi connectivity index (χ0) is 13.1. The first kappa shape index (κ1) is 12.3. The lowest BCUT2D eigenvalue weighted by molar-refractivity contribution is -0.114. The molecule has 1 amide bonds. The van der Waals surface area contributed by atoms with E-state index in [0.29, 0.717) is 16.9 Å². The molecule has 0 aliphatic carbocycles. The van der Waals surface area contributed by atoms with Crippen LogP contribution < -0.4 is 5.32 Å². The van der Waals surface area contributed by atoms with Gasteiger partial charge in [0.1, 0.15) is 5.69 Å². The topological polar surface area (TPSA) is 72.2 Å². The van der Waals surface area contributed by atoms with Crippen LogP contribution in [0.5, 0.6) is 0 Å². The van der Waals surface area contributed by atoms with E-state index in [1.165, 1.54) is 13.0 Å². The van der Waals surface area contributed by atoms with Crippen LogP contribution in [0.1, 0.15) is 17.5 Å². The number of aromatic nitrogens is 1. The number of hydrogen-bond acceptors (Lipinski definition) is 4. The van der Waals surface area contributed by atoms with Crippen molar-refractivity contribution < 1.29 is 14.1 Å². The minimum atomic E-state index is -0.702. The Bertz CT molecular complexity index is 607. The summed E-state index contributed by atoms with van der Waals surface area (Å²) < 4.78 is 4.78. The number of rotatable bonds is 3. The van der Waals surface area contributed by atoms with Crippen LogP contribution in [-0.4, -0.2) is 16.3 Å². The predicted octanol–water partition coefficient (Wildman–Crippen LogP) is 2.68. The molecule has 0 saturated heterocycles. The molecule has 92 valence electrons. The van der Waals surface area contributed by atoms with E-state index in [9.17, 15) is 9.59 Å². The first-order valence-corrected chi connectivity index (χ1v) is 5.48. The lowest BCUT2D eigenvalue weighted by atomic mass is 10.1. The smallest absolute Gasteiger partial charge is 0.290 e. The van der Waals surface area contributed by atoms with E-state index in [-0.39, 0.29) is 11.7 Å². The van der Waals surface area contributed by atoms with Crippen molar-refractivity contribution in [3.05, 3.63) is 36.1 Å². The van der Waals surface area contributed by atoms with Gasteiger partial charge >= 0.3 is 0 Å². The Morgan fingerprint density at radius 1 is 1.33 bits per heavy atom. The van der Waals surface area contributed by atoms with Crippen molar-refractivity contribution in [3.63, 3.8) is 0 Å². The molecule has 0 unspecified atom stereocenters. The molecule has 2 rings (SSSR count). The Kier molecular flexibility index (Phi) is 3.43. The van der Waals surface area contributed by atoms with Gasteiger partial charge in [-0.15, -0.1) is 0 Å². The molecule has 6 heteroatoms. The average Bonchev–Trinajstić information content (AvgIpc) is 2.77. The minimum absolute atomic E-state index is 0.0170. The highest BCUT2D eigenvalue weighted by atomic mass is 35.5. The number of benzene rings is 1. The summed E-state index contributed by atoms with van der Waals surface area (Å²) in [4.78, 5) is 21.8. The highest BCUT2D eigenvalue weighted by Gasteiger charge is 2.11. The Hall–Kier alpha value is -2.14. The second-order valence-electron chi connectivity index (χ2n) is 3.61. The number of nitrogens with zero attached hydrogens (tertiary/aromatic N) is 1. The van der Waals surface area contributed by atoms with Gasteiger partial charge in [0.25, 0.3) is 5.24 Å². The zero-order valence-corrected chi connectivity index (χ0v) is 10.2. The van der Waals surface area contributed by atoms with Crippen LogP contribution in [-0.2, 0) is 4.79 Å². The lowest BCUT2D eigenvalue weighted by Crippen LogP contribution is -2.05. The van der Waals surface area contributed by atoms with Crippen molar-refractivity contribution >= 4 is 28.4 Å². The molecule has 0 atom stereocenters. The van der Waals surface area contributed by atoms with Gasteiger partial charge in [0, 0.05) is 24.2 Å². The second kappa shape index (κ2) is 5.01. The predicted molar refractivity (Wildman–Crippen MR) is 66.4 cm³/mol. The number of amides is 1. The molecule has 18 heavy (non-hydrogen) atoms. The van der Waals surface area contributed by atoms with Crippen molar-refractivity contribution in [2.75, 3.05) is 5.32 Å². The summed E-state index contributed by atoms with van der Waals surface area (Å²) in [7, 11) is 0. The number of carbonyl (C=O) groups excluding carboxylic acids is 2. The summed E-state index contributed by atoms with van der Waals surface area (Å²) in [5.41, 5.74) is 1.84. The standard InChI is InChI=1S/C12H9ClN2O3/c1-7(16)14-9-4-2-3-8(5-9)10-6-11(12(13)17)18-15-10/h2-6H,1H3,(H,14,16). The van der Waals surface area contributed by atoms with Gasteiger partial charge < -0.3 is 9.84 Å². The van der Waals surface area contributed by atoms with E-state index < -0.39 is 5.24 Å². The van der Waals surface area contributed by atoms with E-state index in [0.717, 1.165) is 0 Å². The number of nitrogens with one attached hydrogen (secondary N) is 1. The molecule has 0 bridgehead atoms. The third-order valence-corrected chi connectivity index (χ3v) is 2.37. The molecule has 1 aromatic carbocycles. The van der Waals surface area contributed by atoms with Gasteiger partial charge in [0.2, 0.25) is 11.7 Å². The summed E-state index contributed by atoms with van der Waals surface area (Å²) in [6, 6.07) is 8.46. The molecule has 0 saturated carbocycles. The van der Waals surface area contributed by atoms with Gasteiger partial charge in [0.15, 0.2) is 0 Å². The van der Waals surface area contributed by atoms with Crippen molar-refractivity contribution in [2.45, 2.75) is 6.92 Å². The quantitative estimate of drug-likeness (QED) is 0.865. The molecule has 2 aromatic rings. The first-order chi connectivity index (χ1) is 8.56. The lowest BCUT2D eigenvalue weighted by Gasteiger charge is -2.02. The van der Waals surface area contributed by atoms with Crippen molar-refractivity contribution in [3.8, 4) is 11.3 Å². The number of halogens is 1. The first-order valence-electron chi connectivity index (χ1n) is 5.11. The summed E-state index contributed by atoms with van der Waals surface area (Å²) in [5.74, 6) is -0.180. The fraction of sp³-hybridized carbons (Fsp3) is 0.0833. The highest BCUT2D eigenvalue weighted by Crippen LogP contribution is 2.23. The van der Waals surface area contributed by atoms with Crippen molar-refractivity contribution in [2.24, 2.45) is 0 Å². The van der Waals surface area contributed by atoms with Gasteiger partial charge in [0.05, 0.1) is 0 Å². The van der Waals surface area contributed by atoms with E-state index in [2.05, 4.69) is 10.5 Å². The van der Waals surface area contributed by atoms with Crippen LogP contribution in [0.25, 0.3) is 11.3 Å². The van der Waals surface area contributed by atoms with Crippen LogP contribution in [0.3, 0.4) is 0 Å². The van der Waals surface area contributed by atoms with E-state index >= 15 is 0 Å². The fourth-order valence-electron chi connectivity index (χ4n) is 1.46. The third kappa shape index (κ3) is 2.75. The van der Waals surface area contributed by atoms with Gasteiger partial charge in [-0.3, -0.25) is 9.59 Å². The summed E-state index contributed by atoms with van der Waals surface area (Å²) >= 11 is 5.27. The maximum Gasteiger partial charge on any atom is 0.290 e. The van der Waals surface area contributed by atoms with Crippen molar-refractivity contribution in [1.29, 1.82) is 0 Å². The number of hydrogen-bond donors (Lipinski definition) is 1. The SMILES string of the molecule is CC(=O)Nc1cccc(-c2cc(C(=O)Cl)on2)c1. The van der Waals surface area contributed by atoms with Gasteiger partial charge in [-0.25, -0.2) is 0 Å². The third-order valence-electron chi connectivity index (χ3n) is 2.18. The summed E-state index contributed by atoms with van der Waals surface area (Å²) in [6.07, 6.45) is 0. The van der Waals surface area contributed by atoms with E-state index in [1.807, 2.05) is 0 Å². The normalized spacial score (nSPS) is 10.1. The molecule has 0 aliphatic heterocycles. The minimum Gasteiger partial charge on any atom is -0.351 e. The second-order valence-corrected chi connectivity index (χ2v) is 3.96. The largest absolute Gasteiger partial charge is 0.351 e. The summed E-state index contributed by atoms with van der Waals surface area (Å²) in [6.45, 7) is 1.42. The highest BCUT2D eigenvalue weighted by molar-refractivity contribution is 6.67. The molecule has 0 aliphatic rings. The molecule has 5 nitrogen and oxygen atoms in total.